The van der Waals surface area contributed by atoms with Crippen LogP contribution in [0.5, 0.6) is 0 Å². The Morgan fingerprint density at radius 2 is 1.97 bits per heavy atom. The molecule has 0 aliphatic heterocycles. The van der Waals surface area contributed by atoms with E-state index in [9.17, 15) is 13.2 Å². The summed E-state index contributed by atoms with van der Waals surface area (Å²) in [6, 6.07) is 12.8. The number of carbonyl (C=O) groups is 1. The van der Waals surface area contributed by atoms with Crippen LogP contribution < -0.4 is 10.0 Å². The SMILES string of the molecule is O=C(NC/C=C1\CCCc2cnn(Cc3ccc(Cl)cc3Cl)c21)NS(=O)(=O)c1cc2ccccc2o1. The lowest BCUT2D eigenvalue weighted by atomic mass is 9.92. The van der Waals surface area contributed by atoms with Crippen molar-refractivity contribution < 1.29 is 17.6 Å². The quantitative estimate of drug-likeness (QED) is 0.338. The lowest BCUT2D eigenvalue weighted by molar-refractivity contribution is 0.246. The Labute approximate surface area is 217 Å². The first-order chi connectivity index (χ1) is 17.3. The normalized spacial score (nSPS) is 14.7. The Morgan fingerprint density at radius 3 is 2.78 bits per heavy atom. The van der Waals surface area contributed by atoms with Crippen molar-refractivity contribution in [2.24, 2.45) is 0 Å². The molecule has 0 saturated carbocycles. The number of hydrogen-bond acceptors (Lipinski definition) is 5. The molecule has 0 unspecified atom stereocenters. The van der Waals surface area contributed by atoms with Crippen LogP contribution in [0.1, 0.15) is 29.7 Å². The molecule has 11 heteroatoms. The molecule has 1 aliphatic rings. The molecule has 8 nitrogen and oxygen atoms in total. The van der Waals surface area contributed by atoms with Crippen molar-refractivity contribution in [2.45, 2.75) is 30.9 Å². The van der Waals surface area contributed by atoms with Crippen LogP contribution in [0.4, 0.5) is 4.79 Å². The van der Waals surface area contributed by atoms with Crippen molar-refractivity contribution in [1.82, 2.24) is 19.8 Å². The van der Waals surface area contributed by atoms with E-state index in [4.69, 9.17) is 27.6 Å². The molecule has 0 radical (unpaired) electrons. The Balaban J connectivity index is 1.27. The van der Waals surface area contributed by atoms with Gasteiger partial charge in [-0.2, -0.15) is 13.5 Å². The average Bonchev–Trinajstić information content (AvgIpc) is 3.46. The largest absolute Gasteiger partial charge is 0.443 e. The number of aromatic nitrogens is 2. The average molecular weight is 545 g/mol. The highest BCUT2D eigenvalue weighted by Crippen LogP contribution is 2.32. The highest BCUT2D eigenvalue weighted by Gasteiger charge is 2.23. The van der Waals surface area contributed by atoms with Crippen LogP contribution >= 0.6 is 23.2 Å². The fourth-order valence-corrected chi connectivity index (χ4v) is 5.63. The third kappa shape index (κ3) is 5.13. The Hall–Kier alpha value is -3.27. The first-order valence-electron chi connectivity index (χ1n) is 11.3. The van der Waals surface area contributed by atoms with E-state index in [-0.39, 0.29) is 11.6 Å². The van der Waals surface area contributed by atoms with Gasteiger partial charge in [-0.25, -0.2) is 9.52 Å². The molecule has 2 heterocycles. The van der Waals surface area contributed by atoms with Gasteiger partial charge in [0.05, 0.1) is 18.4 Å². The molecule has 2 N–H and O–H groups in total. The molecule has 2 amide bonds. The minimum Gasteiger partial charge on any atom is -0.443 e. The van der Waals surface area contributed by atoms with Gasteiger partial charge in [-0.1, -0.05) is 53.5 Å². The molecule has 0 bridgehead atoms. The second-order valence-corrected chi connectivity index (χ2v) is 10.9. The maximum Gasteiger partial charge on any atom is 0.329 e. The zero-order valence-corrected chi connectivity index (χ0v) is 21.3. The molecule has 0 fully saturated rings. The van der Waals surface area contributed by atoms with Gasteiger partial charge in [0.1, 0.15) is 5.58 Å². The number of nitrogens with zero attached hydrogens (tertiary/aromatic N) is 2. The van der Waals surface area contributed by atoms with Gasteiger partial charge in [0.2, 0.25) is 5.09 Å². The lowest BCUT2D eigenvalue weighted by Gasteiger charge is -2.18. The molecule has 0 saturated heterocycles. The summed E-state index contributed by atoms with van der Waals surface area (Å²) in [5.41, 5.74) is 4.45. The Morgan fingerprint density at radius 1 is 1.14 bits per heavy atom. The Kier molecular flexibility index (Phi) is 6.79. The molecule has 0 spiro atoms. The van der Waals surface area contributed by atoms with E-state index in [2.05, 4.69) is 10.4 Å². The molecule has 5 rings (SSSR count). The summed E-state index contributed by atoms with van der Waals surface area (Å²) in [6.07, 6.45) is 6.41. The number of sulfonamides is 1. The molecule has 1 aliphatic carbocycles. The van der Waals surface area contributed by atoms with E-state index in [0.29, 0.717) is 27.6 Å². The smallest absolute Gasteiger partial charge is 0.329 e. The van der Waals surface area contributed by atoms with Crippen molar-refractivity contribution in [1.29, 1.82) is 0 Å². The maximum absolute atomic E-state index is 12.6. The highest BCUT2D eigenvalue weighted by molar-refractivity contribution is 7.89. The van der Waals surface area contributed by atoms with Crippen LogP contribution in [0.3, 0.4) is 0 Å². The summed E-state index contributed by atoms with van der Waals surface area (Å²) in [5.74, 6) is 0. The first-order valence-corrected chi connectivity index (χ1v) is 13.5. The predicted octanol–water partition coefficient (Wildman–Crippen LogP) is 5.39. The van der Waals surface area contributed by atoms with Gasteiger partial charge in [-0.05, 0) is 54.2 Å². The number of aryl methyl sites for hydroxylation is 1. The summed E-state index contributed by atoms with van der Waals surface area (Å²) in [7, 11) is -4.15. The number of amides is 2. The number of para-hydroxylation sites is 1. The number of rotatable bonds is 6. The number of benzene rings is 2. The fourth-order valence-electron chi connectivity index (χ4n) is 4.26. The summed E-state index contributed by atoms with van der Waals surface area (Å²) < 4.78 is 34.4. The molecule has 2 aromatic carbocycles. The van der Waals surface area contributed by atoms with Crippen molar-refractivity contribution in [3.8, 4) is 0 Å². The minimum atomic E-state index is -4.15. The van der Waals surface area contributed by atoms with Crippen LogP contribution in [-0.4, -0.2) is 30.8 Å². The highest BCUT2D eigenvalue weighted by atomic mass is 35.5. The van der Waals surface area contributed by atoms with E-state index in [1.807, 2.05) is 27.7 Å². The number of carbonyl (C=O) groups excluding carboxylic acids is 1. The summed E-state index contributed by atoms with van der Waals surface area (Å²) >= 11 is 12.4. The van der Waals surface area contributed by atoms with Gasteiger partial charge in [0.25, 0.3) is 10.0 Å². The standard InChI is InChI=1S/C25H22Cl2N4O4S/c26-20-9-8-19(21(27)13-20)15-31-24-16(5-3-6-18(24)14-29-31)10-11-28-25(32)30-36(33,34)23-12-17-4-1-2-7-22(17)35-23/h1-2,4,7-10,12-14H,3,5-6,11,15H2,(H2,28,30,32)/b16-10+. The van der Waals surface area contributed by atoms with Gasteiger partial charge >= 0.3 is 6.03 Å². The zero-order valence-electron chi connectivity index (χ0n) is 19.0. The minimum absolute atomic E-state index is 0.142. The van der Waals surface area contributed by atoms with E-state index < -0.39 is 16.1 Å². The number of nitrogens with one attached hydrogen (secondary N) is 2. The van der Waals surface area contributed by atoms with E-state index in [1.54, 1.807) is 36.4 Å². The topological polar surface area (TPSA) is 106 Å². The summed E-state index contributed by atoms with van der Waals surface area (Å²) in [4.78, 5) is 12.3. The van der Waals surface area contributed by atoms with E-state index >= 15 is 0 Å². The zero-order chi connectivity index (χ0) is 25.3. The second kappa shape index (κ2) is 10.0. The number of hydrogen-bond donors (Lipinski definition) is 2. The summed E-state index contributed by atoms with van der Waals surface area (Å²) in [6.45, 7) is 0.621. The maximum atomic E-state index is 12.6. The van der Waals surface area contributed by atoms with Crippen LogP contribution in [0.15, 0.2) is 70.3 Å². The van der Waals surface area contributed by atoms with Gasteiger partial charge in [0, 0.05) is 28.0 Å². The van der Waals surface area contributed by atoms with Crippen LogP contribution in [0.25, 0.3) is 16.5 Å². The fraction of sp³-hybridized carbons (Fsp3) is 0.200. The molecule has 0 atom stereocenters. The number of urea groups is 1. The van der Waals surface area contributed by atoms with Crippen molar-refractivity contribution in [2.75, 3.05) is 6.54 Å². The molecule has 186 valence electrons. The monoisotopic (exact) mass is 544 g/mol. The number of furan rings is 1. The van der Waals surface area contributed by atoms with Gasteiger partial charge in [-0.3, -0.25) is 4.68 Å². The van der Waals surface area contributed by atoms with Gasteiger partial charge in [-0.15, -0.1) is 0 Å². The Bertz CT molecular complexity index is 1560. The molecule has 4 aromatic rings. The van der Waals surface area contributed by atoms with E-state index in [0.717, 1.165) is 41.7 Å². The number of allylic oxidation sites excluding steroid dienone is 1. The molecule has 2 aromatic heterocycles. The van der Waals surface area contributed by atoms with Gasteiger partial charge in [0.15, 0.2) is 0 Å². The molecule has 36 heavy (non-hydrogen) atoms. The summed E-state index contributed by atoms with van der Waals surface area (Å²) in [5, 5.41) is 8.58. The van der Waals surface area contributed by atoms with Crippen molar-refractivity contribution in [3.05, 3.63) is 87.7 Å². The first kappa shape index (κ1) is 24.4. The molecular weight excluding hydrogens is 523 g/mol. The van der Waals surface area contributed by atoms with Crippen LogP contribution in [0, 0.1) is 0 Å². The van der Waals surface area contributed by atoms with E-state index in [1.165, 1.54) is 6.07 Å². The lowest BCUT2D eigenvalue weighted by Crippen LogP contribution is -2.39. The second-order valence-electron chi connectivity index (χ2n) is 8.41. The van der Waals surface area contributed by atoms with Crippen LogP contribution in [0.2, 0.25) is 10.0 Å². The van der Waals surface area contributed by atoms with Crippen LogP contribution in [-0.2, 0) is 23.0 Å². The number of fused-ring (bicyclic) bond motifs is 2. The third-order valence-corrected chi connectivity index (χ3v) is 7.72. The predicted molar refractivity (Wildman–Crippen MR) is 139 cm³/mol. The number of halogens is 2. The van der Waals surface area contributed by atoms with Gasteiger partial charge < -0.3 is 9.73 Å². The van der Waals surface area contributed by atoms with Crippen molar-refractivity contribution in [3.63, 3.8) is 0 Å². The van der Waals surface area contributed by atoms with Crippen molar-refractivity contribution >= 4 is 55.8 Å². The molecular formula is C25H22Cl2N4O4S. The third-order valence-electron chi connectivity index (χ3n) is 5.95.